The number of rotatable bonds is 5. The predicted octanol–water partition coefficient (Wildman–Crippen LogP) is 6.63. The molecule has 168 valence electrons. The Labute approximate surface area is 180 Å². The normalized spacial score (nSPS) is 26.7. The SMILES string of the molecule is COCC1CCC(C2CCC(c3ccc(-c4cc(F)c(F)c(F)c4)c(F)c3)CC2)OC1. The third-order valence-corrected chi connectivity index (χ3v) is 6.86. The first-order valence-corrected chi connectivity index (χ1v) is 11.0. The van der Waals surface area contributed by atoms with Crippen LogP contribution in [0.15, 0.2) is 30.3 Å². The Hall–Kier alpha value is -1.92. The third kappa shape index (κ3) is 4.96. The maximum absolute atomic E-state index is 14.8. The summed E-state index contributed by atoms with van der Waals surface area (Å²) in [6.45, 7) is 1.51. The van der Waals surface area contributed by atoms with E-state index in [2.05, 4.69) is 0 Å². The molecule has 1 saturated heterocycles. The molecule has 1 aliphatic heterocycles. The molecular formula is C25H28F4O2. The van der Waals surface area contributed by atoms with Crippen LogP contribution in [0.3, 0.4) is 0 Å². The van der Waals surface area contributed by atoms with Crippen LogP contribution in [-0.4, -0.2) is 26.4 Å². The molecule has 0 aromatic heterocycles. The first-order chi connectivity index (χ1) is 15.0. The minimum Gasteiger partial charge on any atom is -0.384 e. The first kappa shape index (κ1) is 22.3. The van der Waals surface area contributed by atoms with Crippen molar-refractivity contribution in [3.8, 4) is 11.1 Å². The molecule has 31 heavy (non-hydrogen) atoms. The minimum atomic E-state index is -1.55. The summed E-state index contributed by atoms with van der Waals surface area (Å²) in [7, 11) is 1.72. The van der Waals surface area contributed by atoms with Crippen molar-refractivity contribution in [2.24, 2.45) is 11.8 Å². The van der Waals surface area contributed by atoms with E-state index in [0.717, 1.165) is 69.4 Å². The van der Waals surface area contributed by atoms with E-state index in [0.29, 0.717) is 17.9 Å². The summed E-state index contributed by atoms with van der Waals surface area (Å²) in [5.41, 5.74) is 0.953. The van der Waals surface area contributed by atoms with E-state index in [4.69, 9.17) is 9.47 Å². The van der Waals surface area contributed by atoms with Crippen molar-refractivity contribution < 1.29 is 27.0 Å². The summed E-state index contributed by atoms with van der Waals surface area (Å²) in [4.78, 5) is 0. The lowest BCUT2D eigenvalue weighted by atomic mass is 9.75. The molecule has 2 aromatic carbocycles. The quantitative estimate of drug-likeness (QED) is 0.387. The Balaban J connectivity index is 1.38. The number of methoxy groups -OCH3 is 1. The van der Waals surface area contributed by atoms with Gasteiger partial charge in [-0.25, -0.2) is 17.6 Å². The van der Waals surface area contributed by atoms with Crippen molar-refractivity contribution in [1.29, 1.82) is 0 Å². The fourth-order valence-electron chi connectivity index (χ4n) is 5.12. The van der Waals surface area contributed by atoms with Crippen LogP contribution < -0.4 is 0 Å². The average Bonchev–Trinajstić information content (AvgIpc) is 2.78. The first-order valence-electron chi connectivity index (χ1n) is 11.0. The van der Waals surface area contributed by atoms with Crippen LogP contribution in [0, 0.1) is 35.1 Å². The molecule has 0 radical (unpaired) electrons. The minimum absolute atomic E-state index is 0.00890. The van der Waals surface area contributed by atoms with Gasteiger partial charge in [0.1, 0.15) is 5.82 Å². The van der Waals surface area contributed by atoms with E-state index < -0.39 is 23.3 Å². The summed E-state index contributed by atoms with van der Waals surface area (Å²) in [6.07, 6.45) is 6.52. The fraction of sp³-hybridized carbons (Fsp3) is 0.520. The molecule has 1 aliphatic carbocycles. The second-order valence-corrected chi connectivity index (χ2v) is 8.88. The molecule has 2 fully saturated rings. The standard InChI is InChI=1S/C25H28F4O2/c1-30-13-15-2-9-24(31-14-15)17-5-3-16(4-6-17)18-7-8-20(21(26)10-18)19-11-22(27)25(29)23(28)12-19/h7-8,10-12,15-17,24H,2-6,9,13-14H2,1H3. The van der Waals surface area contributed by atoms with Gasteiger partial charge in [-0.2, -0.15) is 0 Å². The van der Waals surface area contributed by atoms with Crippen molar-refractivity contribution >= 4 is 0 Å². The molecule has 4 rings (SSSR count). The topological polar surface area (TPSA) is 18.5 Å². The van der Waals surface area contributed by atoms with Gasteiger partial charge in [0.25, 0.3) is 0 Å². The maximum Gasteiger partial charge on any atom is 0.194 e. The molecule has 2 aromatic rings. The van der Waals surface area contributed by atoms with Crippen LogP contribution in [0.4, 0.5) is 17.6 Å². The summed E-state index contributed by atoms with van der Waals surface area (Å²) in [5, 5.41) is 0. The monoisotopic (exact) mass is 436 g/mol. The van der Waals surface area contributed by atoms with E-state index >= 15 is 0 Å². The molecule has 2 unspecified atom stereocenters. The zero-order valence-electron chi connectivity index (χ0n) is 17.7. The van der Waals surface area contributed by atoms with Crippen LogP contribution in [0.25, 0.3) is 11.1 Å². The van der Waals surface area contributed by atoms with Gasteiger partial charge in [0.05, 0.1) is 19.3 Å². The zero-order chi connectivity index (χ0) is 22.0. The molecule has 0 amide bonds. The average molecular weight is 436 g/mol. The van der Waals surface area contributed by atoms with Gasteiger partial charge in [-0.05, 0) is 79.7 Å². The third-order valence-electron chi connectivity index (χ3n) is 6.86. The Kier molecular flexibility index (Phi) is 6.97. The predicted molar refractivity (Wildman–Crippen MR) is 111 cm³/mol. The molecule has 1 saturated carbocycles. The van der Waals surface area contributed by atoms with E-state index in [1.54, 1.807) is 7.11 Å². The molecular weight excluding hydrogens is 408 g/mol. The molecule has 2 atom stereocenters. The van der Waals surface area contributed by atoms with Crippen molar-refractivity contribution in [2.75, 3.05) is 20.3 Å². The molecule has 1 heterocycles. The molecule has 0 spiro atoms. The lowest BCUT2D eigenvalue weighted by Gasteiger charge is -2.37. The largest absolute Gasteiger partial charge is 0.384 e. The van der Waals surface area contributed by atoms with Crippen molar-refractivity contribution in [3.05, 3.63) is 59.2 Å². The molecule has 6 heteroatoms. The highest BCUT2D eigenvalue weighted by Gasteiger charge is 2.32. The van der Waals surface area contributed by atoms with Gasteiger partial charge in [0.15, 0.2) is 17.5 Å². The summed E-state index contributed by atoms with van der Waals surface area (Å²) in [5.74, 6) is -3.47. The zero-order valence-corrected chi connectivity index (χ0v) is 17.7. The van der Waals surface area contributed by atoms with E-state index in [-0.39, 0.29) is 17.0 Å². The molecule has 0 N–H and O–H groups in total. The smallest absolute Gasteiger partial charge is 0.194 e. The van der Waals surface area contributed by atoms with Gasteiger partial charge >= 0.3 is 0 Å². The Morgan fingerprint density at radius 2 is 1.58 bits per heavy atom. The van der Waals surface area contributed by atoms with Crippen LogP contribution in [0.2, 0.25) is 0 Å². The number of ether oxygens (including phenoxy) is 2. The molecule has 2 aliphatic rings. The van der Waals surface area contributed by atoms with E-state index in [1.807, 2.05) is 6.07 Å². The van der Waals surface area contributed by atoms with Gasteiger partial charge in [0.2, 0.25) is 0 Å². The molecule has 2 nitrogen and oxygen atoms in total. The summed E-state index contributed by atoms with van der Waals surface area (Å²) < 4.78 is 66.3. The van der Waals surface area contributed by atoms with Crippen LogP contribution in [0.5, 0.6) is 0 Å². The van der Waals surface area contributed by atoms with Crippen molar-refractivity contribution in [1.82, 2.24) is 0 Å². The molecule has 0 bridgehead atoms. The van der Waals surface area contributed by atoms with Gasteiger partial charge in [-0.3, -0.25) is 0 Å². The fourth-order valence-corrected chi connectivity index (χ4v) is 5.12. The van der Waals surface area contributed by atoms with Crippen molar-refractivity contribution in [2.45, 2.75) is 50.5 Å². The van der Waals surface area contributed by atoms with Crippen LogP contribution in [-0.2, 0) is 9.47 Å². The van der Waals surface area contributed by atoms with Crippen molar-refractivity contribution in [3.63, 3.8) is 0 Å². The van der Waals surface area contributed by atoms with Gasteiger partial charge in [0, 0.05) is 18.6 Å². The maximum atomic E-state index is 14.8. The van der Waals surface area contributed by atoms with E-state index in [1.165, 1.54) is 12.1 Å². The second kappa shape index (κ2) is 9.70. The van der Waals surface area contributed by atoms with Gasteiger partial charge in [-0.15, -0.1) is 0 Å². The Morgan fingerprint density at radius 1 is 0.871 bits per heavy atom. The number of benzene rings is 2. The highest BCUT2D eigenvalue weighted by molar-refractivity contribution is 5.65. The summed E-state index contributed by atoms with van der Waals surface area (Å²) >= 11 is 0. The van der Waals surface area contributed by atoms with Crippen LogP contribution >= 0.6 is 0 Å². The summed E-state index contributed by atoms with van der Waals surface area (Å²) in [6, 6.07) is 6.44. The van der Waals surface area contributed by atoms with Gasteiger partial charge in [-0.1, -0.05) is 12.1 Å². The Bertz CT molecular complexity index is 877. The van der Waals surface area contributed by atoms with Gasteiger partial charge < -0.3 is 9.47 Å². The van der Waals surface area contributed by atoms with Crippen LogP contribution in [0.1, 0.15) is 50.0 Å². The number of halogens is 4. The van der Waals surface area contributed by atoms with E-state index in [9.17, 15) is 17.6 Å². The highest BCUT2D eigenvalue weighted by atomic mass is 19.2. The number of hydrogen-bond acceptors (Lipinski definition) is 2. The lowest BCUT2D eigenvalue weighted by molar-refractivity contribution is -0.0691. The second-order valence-electron chi connectivity index (χ2n) is 8.88. The Morgan fingerprint density at radius 3 is 2.16 bits per heavy atom. The highest BCUT2D eigenvalue weighted by Crippen LogP contribution is 2.41. The lowest BCUT2D eigenvalue weighted by Crippen LogP contribution is -2.35. The number of hydrogen-bond donors (Lipinski definition) is 0.